The second-order valence-corrected chi connectivity index (χ2v) is 6.45. The summed E-state index contributed by atoms with van der Waals surface area (Å²) in [4.78, 5) is 20.0. The Bertz CT molecular complexity index is 622. The number of halogens is 2. The van der Waals surface area contributed by atoms with Gasteiger partial charge in [0.25, 0.3) is 0 Å². The smallest absolute Gasteiger partial charge is 0.409 e. The largest absolute Gasteiger partial charge is 0.496 e. The van der Waals surface area contributed by atoms with Crippen molar-refractivity contribution in [3.63, 3.8) is 0 Å². The fourth-order valence-corrected chi connectivity index (χ4v) is 3.12. The second kappa shape index (κ2) is 11.5. The number of guanidine groups is 1. The summed E-state index contributed by atoms with van der Waals surface area (Å²) < 4.78 is 11.5. The summed E-state index contributed by atoms with van der Waals surface area (Å²) in [6, 6.07) is 5.91. The minimum atomic E-state index is -0.246. The molecule has 0 unspecified atom stereocenters. The van der Waals surface area contributed by atoms with Crippen molar-refractivity contribution >= 4 is 52.0 Å². The van der Waals surface area contributed by atoms with E-state index in [0.29, 0.717) is 39.3 Å². The van der Waals surface area contributed by atoms with E-state index in [4.69, 9.17) is 9.47 Å². The number of carbonyl (C=O) groups is 1. The number of methoxy groups -OCH3 is 1. The third-order valence-corrected chi connectivity index (χ3v) is 4.49. The first-order valence-electron chi connectivity index (χ1n) is 8.28. The predicted molar refractivity (Wildman–Crippen MR) is 116 cm³/mol. The average Bonchev–Trinajstić information content (AvgIpc) is 2.63. The summed E-state index contributed by atoms with van der Waals surface area (Å²) in [7, 11) is 3.42. The molecule has 1 N–H and O–H groups in total. The van der Waals surface area contributed by atoms with Gasteiger partial charge in [-0.05, 0) is 25.1 Å². The van der Waals surface area contributed by atoms with Gasteiger partial charge < -0.3 is 24.6 Å². The maximum atomic E-state index is 11.8. The van der Waals surface area contributed by atoms with E-state index in [0.717, 1.165) is 21.7 Å². The minimum absolute atomic E-state index is 0. The van der Waals surface area contributed by atoms with Gasteiger partial charge in [0.05, 0.1) is 13.7 Å². The molecule has 1 aliphatic rings. The van der Waals surface area contributed by atoms with Crippen molar-refractivity contribution in [1.82, 2.24) is 15.1 Å². The first kappa shape index (κ1) is 22.8. The van der Waals surface area contributed by atoms with Crippen LogP contribution in [0.1, 0.15) is 12.5 Å². The molecule has 0 aliphatic carbocycles. The Morgan fingerprint density at radius 2 is 1.92 bits per heavy atom. The van der Waals surface area contributed by atoms with Gasteiger partial charge in [-0.3, -0.25) is 4.99 Å². The van der Waals surface area contributed by atoms with Crippen LogP contribution < -0.4 is 10.1 Å². The molecule has 0 aromatic heterocycles. The van der Waals surface area contributed by atoms with Gasteiger partial charge in [0.1, 0.15) is 5.75 Å². The first-order valence-corrected chi connectivity index (χ1v) is 9.08. The lowest BCUT2D eigenvalue weighted by atomic mass is 10.2. The van der Waals surface area contributed by atoms with Crippen LogP contribution >= 0.6 is 39.9 Å². The fourth-order valence-electron chi connectivity index (χ4n) is 2.71. The number of hydrogen-bond donors (Lipinski definition) is 1. The fraction of sp³-hybridized carbons (Fsp3) is 0.529. The average molecular weight is 541 g/mol. The molecule has 1 aromatic rings. The lowest BCUT2D eigenvalue weighted by Gasteiger charge is -2.35. The van der Waals surface area contributed by atoms with Crippen LogP contribution in [0.4, 0.5) is 4.79 Å². The Kier molecular flexibility index (Phi) is 10.1. The van der Waals surface area contributed by atoms with Crippen molar-refractivity contribution in [1.29, 1.82) is 0 Å². The maximum absolute atomic E-state index is 11.8. The van der Waals surface area contributed by atoms with Crippen LogP contribution in [0.25, 0.3) is 0 Å². The van der Waals surface area contributed by atoms with Crippen LogP contribution in [0.15, 0.2) is 27.7 Å². The molecule has 146 valence electrons. The summed E-state index contributed by atoms with van der Waals surface area (Å²) in [6.07, 6.45) is -0.246. The highest BCUT2D eigenvalue weighted by Gasteiger charge is 2.23. The molecule has 1 heterocycles. The molecule has 0 spiro atoms. The molecule has 1 aliphatic heterocycles. The van der Waals surface area contributed by atoms with Gasteiger partial charge in [-0.25, -0.2) is 4.79 Å². The highest BCUT2D eigenvalue weighted by atomic mass is 127. The number of ether oxygens (including phenoxy) is 2. The van der Waals surface area contributed by atoms with Gasteiger partial charge in [-0.15, -0.1) is 24.0 Å². The highest BCUT2D eigenvalue weighted by Crippen LogP contribution is 2.22. The van der Waals surface area contributed by atoms with E-state index in [1.54, 1.807) is 19.1 Å². The molecule has 0 atom stereocenters. The van der Waals surface area contributed by atoms with Gasteiger partial charge in [-0.2, -0.15) is 0 Å². The van der Waals surface area contributed by atoms with E-state index in [9.17, 15) is 4.79 Å². The summed E-state index contributed by atoms with van der Waals surface area (Å²) in [5, 5.41) is 3.37. The summed E-state index contributed by atoms with van der Waals surface area (Å²) in [5.74, 6) is 1.64. The number of hydrogen-bond acceptors (Lipinski definition) is 4. The van der Waals surface area contributed by atoms with Crippen molar-refractivity contribution in [3.05, 3.63) is 28.2 Å². The normalized spacial score (nSPS) is 14.5. The molecule has 2 rings (SSSR count). The van der Waals surface area contributed by atoms with E-state index < -0.39 is 0 Å². The van der Waals surface area contributed by atoms with Crippen LogP contribution in [-0.2, 0) is 11.3 Å². The van der Waals surface area contributed by atoms with Crippen LogP contribution in [0.2, 0.25) is 0 Å². The summed E-state index contributed by atoms with van der Waals surface area (Å²) in [5.41, 5.74) is 1.04. The van der Waals surface area contributed by atoms with Gasteiger partial charge >= 0.3 is 6.09 Å². The van der Waals surface area contributed by atoms with Crippen molar-refractivity contribution in [2.75, 3.05) is 46.9 Å². The molecule has 26 heavy (non-hydrogen) atoms. The number of carbonyl (C=O) groups excluding carboxylic acids is 1. The Morgan fingerprint density at radius 1 is 1.27 bits per heavy atom. The quantitative estimate of drug-likeness (QED) is 0.361. The monoisotopic (exact) mass is 540 g/mol. The Morgan fingerprint density at radius 3 is 2.50 bits per heavy atom. The second-order valence-electron chi connectivity index (χ2n) is 5.53. The van der Waals surface area contributed by atoms with Gasteiger partial charge in [0, 0.05) is 49.8 Å². The third kappa shape index (κ3) is 6.19. The first-order chi connectivity index (χ1) is 12.1. The van der Waals surface area contributed by atoms with Crippen molar-refractivity contribution in [3.8, 4) is 5.75 Å². The van der Waals surface area contributed by atoms with Crippen molar-refractivity contribution in [2.24, 2.45) is 4.99 Å². The zero-order valence-electron chi connectivity index (χ0n) is 15.3. The lowest BCUT2D eigenvalue weighted by Crippen LogP contribution is -2.53. The Labute approximate surface area is 180 Å². The molecule has 1 amide bonds. The highest BCUT2D eigenvalue weighted by molar-refractivity contribution is 14.0. The number of rotatable bonds is 4. The summed E-state index contributed by atoms with van der Waals surface area (Å²) in [6.45, 7) is 5.50. The molecule has 0 saturated carbocycles. The van der Waals surface area contributed by atoms with Gasteiger partial charge in [0.15, 0.2) is 5.96 Å². The van der Waals surface area contributed by atoms with Gasteiger partial charge in [-0.1, -0.05) is 15.9 Å². The number of piperazine rings is 1. The number of aliphatic imine (C=N–C) groups is 1. The number of amides is 1. The predicted octanol–water partition coefficient (Wildman–Crippen LogP) is 2.93. The van der Waals surface area contributed by atoms with Crippen LogP contribution in [0.3, 0.4) is 0 Å². The van der Waals surface area contributed by atoms with Crippen LogP contribution in [0.5, 0.6) is 5.75 Å². The Balaban J connectivity index is 0.00000338. The third-order valence-electron chi connectivity index (χ3n) is 4.00. The number of nitrogens with one attached hydrogen (secondary N) is 1. The van der Waals surface area contributed by atoms with E-state index in [-0.39, 0.29) is 30.1 Å². The van der Waals surface area contributed by atoms with Gasteiger partial charge in [0.2, 0.25) is 0 Å². The molecule has 0 bridgehead atoms. The van der Waals surface area contributed by atoms with Crippen molar-refractivity contribution < 1.29 is 14.3 Å². The molecule has 0 radical (unpaired) electrons. The SMILES string of the molecule is CCOC(=O)N1CCN(C(=NC)NCc2cc(Br)ccc2OC)CC1.I. The molecule has 9 heteroatoms. The molecular formula is C17H26BrIN4O3. The maximum Gasteiger partial charge on any atom is 0.409 e. The standard InChI is InChI=1S/C17H25BrN4O3.HI/c1-4-25-17(23)22-9-7-21(8-10-22)16(19-2)20-12-13-11-14(18)5-6-15(13)24-3;/h5-6,11H,4,7-10,12H2,1-3H3,(H,19,20);1H. The van der Waals surface area contributed by atoms with E-state index in [2.05, 4.69) is 31.1 Å². The number of benzene rings is 1. The van der Waals surface area contributed by atoms with Crippen LogP contribution in [0, 0.1) is 0 Å². The Hall–Kier alpha value is -1.23. The minimum Gasteiger partial charge on any atom is -0.496 e. The lowest BCUT2D eigenvalue weighted by molar-refractivity contribution is 0.0914. The zero-order valence-corrected chi connectivity index (χ0v) is 19.2. The van der Waals surface area contributed by atoms with Crippen LogP contribution in [-0.4, -0.2) is 68.8 Å². The molecule has 1 aromatic carbocycles. The number of nitrogens with zero attached hydrogens (tertiary/aromatic N) is 3. The molecular weight excluding hydrogens is 515 g/mol. The van der Waals surface area contributed by atoms with E-state index in [1.807, 2.05) is 25.1 Å². The van der Waals surface area contributed by atoms with E-state index >= 15 is 0 Å². The zero-order chi connectivity index (χ0) is 18.2. The molecule has 1 saturated heterocycles. The topological polar surface area (TPSA) is 66.4 Å². The van der Waals surface area contributed by atoms with Crippen molar-refractivity contribution in [2.45, 2.75) is 13.5 Å². The summed E-state index contributed by atoms with van der Waals surface area (Å²) >= 11 is 3.49. The molecule has 7 nitrogen and oxygen atoms in total. The molecule has 1 fully saturated rings. The van der Waals surface area contributed by atoms with E-state index in [1.165, 1.54) is 0 Å².